The monoisotopic (exact) mass is 333 g/mol. The minimum atomic E-state index is -0.275. The molecule has 0 unspecified atom stereocenters. The fourth-order valence-electron chi connectivity index (χ4n) is 3.85. The van der Waals surface area contributed by atoms with Gasteiger partial charge in [-0.05, 0) is 32.1 Å². The van der Waals surface area contributed by atoms with Crippen molar-refractivity contribution in [1.82, 2.24) is 14.9 Å². The lowest BCUT2D eigenvalue weighted by Gasteiger charge is -2.47. The van der Waals surface area contributed by atoms with Crippen molar-refractivity contribution in [3.8, 4) is 0 Å². The number of aliphatic hydroxyl groups excluding tert-OH is 1. The lowest BCUT2D eigenvalue weighted by molar-refractivity contribution is -0.183. The van der Waals surface area contributed by atoms with Crippen molar-refractivity contribution in [2.45, 2.75) is 69.7 Å². The van der Waals surface area contributed by atoms with E-state index in [0.717, 1.165) is 31.4 Å². The fraction of sp³-hybridized carbons (Fsp3) is 0.722. The van der Waals surface area contributed by atoms with Crippen molar-refractivity contribution >= 4 is 5.91 Å². The third-order valence-corrected chi connectivity index (χ3v) is 5.25. The number of nitrogens with zero attached hydrogens (tertiary/aromatic N) is 3. The molecule has 2 aliphatic rings. The van der Waals surface area contributed by atoms with Gasteiger partial charge in [0.2, 0.25) is 5.91 Å². The van der Waals surface area contributed by atoms with E-state index in [2.05, 4.69) is 16.9 Å². The van der Waals surface area contributed by atoms with Crippen LogP contribution in [0.5, 0.6) is 0 Å². The zero-order valence-corrected chi connectivity index (χ0v) is 14.4. The molecule has 0 bridgehead atoms. The van der Waals surface area contributed by atoms with Crippen LogP contribution < -0.4 is 0 Å². The van der Waals surface area contributed by atoms with Crippen LogP contribution in [0.2, 0.25) is 0 Å². The Balaban J connectivity index is 1.50. The number of hydrogen-bond donors (Lipinski definition) is 1. The summed E-state index contributed by atoms with van der Waals surface area (Å²) in [5.74, 6) is 0.166. The van der Waals surface area contributed by atoms with Gasteiger partial charge in [-0.15, -0.1) is 0 Å². The predicted molar refractivity (Wildman–Crippen MR) is 89.3 cm³/mol. The zero-order chi connectivity index (χ0) is 17.0. The average molecular weight is 333 g/mol. The van der Waals surface area contributed by atoms with Gasteiger partial charge in [0.05, 0.1) is 23.5 Å². The lowest BCUT2D eigenvalue weighted by Crippen LogP contribution is -2.53. The maximum absolute atomic E-state index is 12.4. The first-order valence-electron chi connectivity index (χ1n) is 8.99. The molecule has 0 aromatic carbocycles. The summed E-state index contributed by atoms with van der Waals surface area (Å²) in [5, 5.41) is 10.1. The first-order valence-corrected chi connectivity index (χ1v) is 8.99. The summed E-state index contributed by atoms with van der Waals surface area (Å²) in [7, 11) is 0. The lowest BCUT2D eigenvalue weighted by atomic mass is 9.81. The smallest absolute Gasteiger partial charge is 0.222 e. The summed E-state index contributed by atoms with van der Waals surface area (Å²) in [6.07, 6.45) is 9.96. The summed E-state index contributed by atoms with van der Waals surface area (Å²) in [6, 6.07) is 0. The van der Waals surface area contributed by atoms with Gasteiger partial charge in [0.15, 0.2) is 0 Å². The van der Waals surface area contributed by atoms with Gasteiger partial charge in [-0.25, -0.2) is 0 Å². The highest BCUT2D eigenvalue weighted by Crippen LogP contribution is 2.38. The molecule has 1 amide bonds. The molecule has 1 aromatic rings. The van der Waals surface area contributed by atoms with E-state index in [1.165, 1.54) is 0 Å². The quantitative estimate of drug-likeness (QED) is 0.908. The molecule has 2 fully saturated rings. The van der Waals surface area contributed by atoms with E-state index in [1.807, 2.05) is 4.90 Å². The van der Waals surface area contributed by atoms with E-state index in [-0.39, 0.29) is 23.7 Å². The largest absolute Gasteiger partial charge is 0.393 e. The van der Waals surface area contributed by atoms with Crippen LogP contribution in [-0.4, -0.2) is 56.8 Å². The van der Waals surface area contributed by atoms with E-state index in [4.69, 9.17) is 4.74 Å². The Hall–Kier alpha value is -1.53. The molecule has 0 radical (unpaired) electrons. The maximum atomic E-state index is 12.4. The van der Waals surface area contributed by atoms with Crippen LogP contribution >= 0.6 is 0 Å². The molecule has 6 nitrogen and oxygen atoms in total. The van der Waals surface area contributed by atoms with Crippen LogP contribution in [-0.2, 0) is 16.0 Å². The molecule has 6 heteroatoms. The van der Waals surface area contributed by atoms with Gasteiger partial charge < -0.3 is 14.7 Å². The summed E-state index contributed by atoms with van der Waals surface area (Å²) >= 11 is 0. The third kappa shape index (κ3) is 4.11. The highest BCUT2D eigenvalue weighted by molar-refractivity contribution is 5.76. The average Bonchev–Trinajstić information content (AvgIpc) is 2.60. The normalized spacial score (nSPS) is 26.5. The van der Waals surface area contributed by atoms with Crippen molar-refractivity contribution in [2.24, 2.45) is 0 Å². The number of hydrogen-bond acceptors (Lipinski definition) is 5. The summed E-state index contributed by atoms with van der Waals surface area (Å²) in [6.45, 7) is 3.52. The van der Waals surface area contributed by atoms with E-state index in [0.29, 0.717) is 32.4 Å². The Kier molecular flexibility index (Phi) is 5.46. The minimum absolute atomic E-state index is 0.146. The number of aromatic nitrogens is 2. The number of piperidine rings is 1. The van der Waals surface area contributed by atoms with Crippen LogP contribution in [0, 0.1) is 0 Å². The van der Waals surface area contributed by atoms with Crippen LogP contribution in [0.15, 0.2) is 18.6 Å². The molecule has 1 N–H and O–H groups in total. The molecular weight excluding hydrogens is 306 g/mol. The maximum Gasteiger partial charge on any atom is 0.222 e. The summed E-state index contributed by atoms with van der Waals surface area (Å²) in [5.41, 5.74) is 0.615. The highest BCUT2D eigenvalue weighted by atomic mass is 16.5. The molecule has 24 heavy (non-hydrogen) atoms. The Bertz CT molecular complexity index is 544. The first-order chi connectivity index (χ1) is 11.6. The van der Waals surface area contributed by atoms with Crippen LogP contribution in [0.3, 0.4) is 0 Å². The second-order valence-electron chi connectivity index (χ2n) is 7.00. The molecule has 3 rings (SSSR count). The fourth-order valence-corrected chi connectivity index (χ4v) is 3.85. The molecule has 132 valence electrons. The van der Waals surface area contributed by atoms with Crippen molar-refractivity contribution < 1.29 is 14.6 Å². The first kappa shape index (κ1) is 17.3. The number of aliphatic hydroxyl groups is 1. The Morgan fingerprint density at radius 2 is 2.21 bits per heavy atom. The minimum Gasteiger partial charge on any atom is -0.393 e. The number of ether oxygens (including phenoxy) is 1. The highest BCUT2D eigenvalue weighted by Gasteiger charge is 2.43. The molecule has 3 heterocycles. The second-order valence-corrected chi connectivity index (χ2v) is 7.00. The van der Waals surface area contributed by atoms with Gasteiger partial charge in [-0.2, -0.15) is 0 Å². The topological polar surface area (TPSA) is 75.5 Å². The number of aryl methyl sites for hydroxylation is 1. The number of carbonyl (C=O) groups is 1. The number of amides is 1. The van der Waals surface area contributed by atoms with Crippen LogP contribution in [0.25, 0.3) is 0 Å². The van der Waals surface area contributed by atoms with Crippen molar-refractivity contribution in [3.05, 3.63) is 24.3 Å². The molecule has 2 saturated heterocycles. The Labute approximate surface area is 143 Å². The molecule has 1 aromatic heterocycles. The van der Waals surface area contributed by atoms with Gasteiger partial charge in [0, 0.05) is 44.5 Å². The second kappa shape index (κ2) is 7.57. The molecule has 0 saturated carbocycles. The van der Waals surface area contributed by atoms with Gasteiger partial charge in [0.1, 0.15) is 0 Å². The van der Waals surface area contributed by atoms with Gasteiger partial charge in [0.25, 0.3) is 0 Å². The molecule has 0 aliphatic carbocycles. The Morgan fingerprint density at radius 3 is 2.88 bits per heavy atom. The van der Waals surface area contributed by atoms with Crippen LogP contribution in [0.4, 0.5) is 0 Å². The molecule has 2 atom stereocenters. The predicted octanol–water partition coefficient (Wildman–Crippen LogP) is 1.72. The molecular formula is C18H27N3O3. The zero-order valence-electron chi connectivity index (χ0n) is 14.4. The van der Waals surface area contributed by atoms with Crippen molar-refractivity contribution in [1.29, 1.82) is 0 Å². The van der Waals surface area contributed by atoms with E-state index in [1.54, 1.807) is 18.6 Å². The number of likely N-dealkylation sites (tertiary alicyclic amines) is 1. The van der Waals surface area contributed by atoms with Gasteiger partial charge in [-0.3, -0.25) is 14.8 Å². The van der Waals surface area contributed by atoms with E-state index < -0.39 is 0 Å². The third-order valence-electron chi connectivity index (χ3n) is 5.25. The summed E-state index contributed by atoms with van der Waals surface area (Å²) < 4.78 is 6.28. The SMILES string of the molecule is CC[C@H]1C[C@@H](O)CC2(CCN(C(=O)CCc3cnccn3)CC2)O1. The number of rotatable bonds is 4. The van der Waals surface area contributed by atoms with Crippen molar-refractivity contribution in [2.75, 3.05) is 13.1 Å². The Morgan fingerprint density at radius 1 is 1.42 bits per heavy atom. The van der Waals surface area contributed by atoms with Gasteiger partial charge in [-0.1, -0.05) is 6.92 Å². The van der Waals surface area contributed by atoms with Crippen molar-refractivity contribution in [3.63, 3.8) is 0 Å². The standard InChI is InChI=1S/C18H27N3O3/c1-2-16-11-15(22)12-18(24-16)5-9-21(10-6-18)17(23)4-3-14-13-19-7-8-20-14/h7-8,13,15-16,22H,2-6,9-12H2,1H3/t15-,16+/m1/s1. The van der Waals surface area contributed by atoms with E-state index >= 15 is 0 Å². The van der Waals surface area contributed by atoms with Crippen LogP contribution in [0.1, 0.15) is 51.1 Å². The number of carbonyl (C=O) groups excluding carboxylic acids is 1. The van der Waals surface area contributed by atoms with Gasteiger partial charge >= 0.3 is 0 Å². The molecule has 1 spiro atoms. The van der Waals surface area contributed by atoms with E-state index in [9.17, 15) is 9.90 Å². The molecule has 2 aliphatic heterocycles. The summed E-state index contributed by atoms with van der Waals surface area (Å²) in [4.78, 5) is 22.6.